The lowest BCUT2D eigenvalue weighted by Crippen LogP contribution is -2.53. The van der Waals surface area contributed by atoms with E-state index in [-0.39, 0.29) is 42.3 Å². The van der Waals surface area contributed by atoms with Crippen molar-refractivity contribution in [3.8, 4) is 0 Å². The first kappa shape index (κ1) is 23.2. The highest BCUT2D eigenvalue weighted by Crippen LogP contribution is 2.27. The van der Waals surface area contributed by atoms with E-state index in [1.54, 1.807) is 0 Å². The summed E-state index contributed by atoms with van der Waals surface area (Å²) in [4.78, 5) is 14.8. The predicted molar refractivity (Wildman–Crippen MR) is 112 cm³/mol. The summed E-state index contributed by atoms with van der Waals surface area (Å²) >= 11 is 0. The van der Waals surface area contributed by atoms with Gasteiger partial charge in [-0.05, 0) is 50.2 Å². The van der Waals surface area contributed by atoms with Gasteiger partial charge >= 0.3 is 0 Å². The van der Waals surface area contributed by atoms with Crippen LogP contribution in [0.2, 0.25) is 0 Å². The van der Waals surface area contributed by atoms with E-state index in [2.05, 4.69) is 48.3 Å². The van der Waals surface area contributed by atoms with Crippen LogP contribution in [0.3, 0.4) is 0 Å². The molecular formula is C20H33Cl2N3O. The molecule has 2 atom stereocenters. The summed E-state index contributed by atoms with van der Waals surface area (Å²) in [5.74, 6) is 0.526. The fraction of sp³-hybridized carbons (Fsp3) is 0.650. The lowest BCUT2D eigenvalue weighted by atomic mass is 9.93. The van der Waals surface area contributed by atoms with E-state index in [1.165, 1.54) is 11.1 Å². The van der Waals surface area contributed by atoms with Crippen molar-refractivity contribution >= 4 is 30.7 Å². The average molecular weight is 402 g/mol. The van der Waals surface area contributed by atoms with Crippen LogP contribution in [-0.2, 0) is 17.8 Å². The molecule has 3 rings (SSSR count). The average Bonchev–Trinajstić information content (AvgIpc) is 2.97. The Bertz CT molecular complexity index is 594. The van der Waals surface area contributed by atoms with Crippen molar-refractivity contribution in [2.45, 2.75) is 64.1 Å². The molecule has 1 amide bonds. The second-order valence-electron chi connectivity index (χ2n) is 8.09. The number of benzene rings is 1. The van der Waals surface area contributed by atoms with Gasteiger partial charge in [0.05, 0.1) is 0 Å². The van der Waals surface area contributed by atoms with Crippen molar-refractivity contribution in [1.29, 1.82) is 0 Å². The number of fused-ring (bicyclic) bond motifs is 1. The fourth-order valence-electron chi connectivity index (χ4n) is 4.07. The zero-order chi connectivity index (χ0) is 17.2. The van der Waals surface area contributed by atoms with E-state index < -0.39 is 0 Å². The predicted octanol–water partition coefficient (Wildman–Crippen LogP) is 3.30. The molecule has 0 radical (unpaired) electrons. The fourth-order valence-corrected chi connectivity index (χ4v) is 4.07. The van der Waals surface area contributed by atoms with Crippen molar-refractivity contribution in [2.75, 3.05) is 13.1 Å². The summed E-state index contributed by atoms with van der Waals surface area (Å²) < 4.78 is 0. The number of hydrogen-bond acceptors (Lipinski definition) is 3. The van der Waals surface area contributed by atoms with E-state index in [9.17, 15) is 4.79 Å². The Labute approximate surface area is 170 Å². The summed E-state index contributed by atoms with van der Waals surface area (Å²) in [6.45, 7) is 7.15. The zero-order valence-corrected chi connectivity index (χ0v) is 17.5. The van der Waals surface area contributed by atoms with Crippen LogP contribution < -0.4 is 11.1 Å². The van der Waals surface area contributed by atoms with E-state index in [0.717, 1.165) is 38.8 Å². The van der Waals surface area contributed by atoms with Crippen LogP contribution >= 0.6 is 24.8 Å². The minimum absolute atomic E-state index is 0. The van der Waals surface area contributed by atoms with Crippen LogP contribution in [0.4, 0.5) is 0 Å². The van der Waals surface area contributed by atoms with Gasteiger partial charge in [-0.3, -0.25) is 9.69 Å². The Balaban J connectivity index is 0.00000169. The van der Waals surface area contributed by atoms with Crippen LogP contribution in [0.5, 0.6) is 0 Å². The van der Waals surface area contributed by atoms with Crippen LogP contribution in [0.15, 0.2) is 24.3 Å². The molecule has 0 unspecified atom stereocenters. The molecule has 2 aliphatic rings. The molecule has 1 saturated carbocycles. The minimum Gasteiger partial charge on any atom is -0.354 e. The molecule has 1 aromatic rings. The molecule has 4 nitrogen and oxygen atoms in total. The number of amides is 1. The number of nitrogens with two attached hydrogens (primary N) is 1. The first-order valence-corrected chi connectivity index (χ1v) is 9.30. The van der Waals surface area contributed by atoms with Gasteiger partial charge < -0.3 is 11.1 Å². The van der Waals surface area contributed by atoms with Gasteiger partial charge in [-0.25, -0.2) is 0 Å². The number of carbonyl (C=O) groups is 1. The summed E-state index contributed by atoms with van der Waals surface area (Å²) in [6, 6.07) is 8.89. The normalized spacial score (nSPS) is 22.7. The van der Waals surface area contributed by atoms with Crippen LogP contribution in [0.25, 0.3) is 0 Å². The molecule has 148 valence electrons. The quantitative estimate of drug-likeness (QED) is 0.795. The number of nitrogens with one attached hydrogen (secondary N) is 1. The lowest BCUT2D eigenvalue weighted by molar-refractivity contribution is -0.122. The zero-order valence-electron chi connectivity index (χ0n) is 15.9. The highest BCUT2D eigenvalue weighted by Gasteiger charge is 2.31. The number of carbonyl (C=O) groups excluding carboxylic acids is 1. The molecule has 1 aliphatic heterocycles. The lowest BCUT2D eigenvalue weighted by Gasteiger charge is -2.41. The monoisotopic (exact) mass is 401 g/mol. The van der Waals surface area contributed by atoms with Gasteiger partial charge in [-0.15, -0.1) is 24.8 Å². The minimum atomic E-state index is -0.0407. The van der Waals surface area contributed by atoms with Gasteiger partial charge in [0, 0.05) is 37.6 Å². The molecule has 1 fully saturated rings. The molecular weight excluding hydrogens is 369 g/mol. The molecule has 1 aliphatic carbocycles. The molecule has 1 aromatic carbocycles. The SMILES string of the molecule is CC(C)(CNC(=O)C[C@@H]1CCC[C@H]1N)N1CCc2ccccc2C1.Cl.Cl. The Morgan fingerprint density at radius 2 is 1.92 bits per heavy atom. The molecule has 0 aromatic heterocycles. The second-order valence-corrected chi connectivity index (χ2v) is 8.09. The summed E-state index contributed by atoms with van der Waals surface area (Å²) in [7, 11) is 0. The smallest absolute Gasteiger partial charge is 0.220 e. The van der Waals surface area contributed by atoms with Gasteiger partial charge in [0.1, 0.15) is 0 Å². The highest BCUT2D eigenvalue weighted by atomic mass is 35.5. The summed E-state index contributed by atoms with van der Waals surface area (Å²) in [6.07, 6.45) is 5.00. The Morgan fingerprint density at radius 3 is 2.58 bits per heavy atom. The molecule has 0 saturated heterocycles. The van der Waals surface area contributed by atoms with Gasteiger partial charge in [-0.1, -0.05) is 30.7 Å². The van der Waals surface area contributed by atoms with Gasteiger partial charge in [-0.2, -0.15) is 0 Å². The van der Waals surface area contributed by atoms with Crippen molar-refractivity contribution < 1.29 is 4.79 Å². The van der Waals surface area contributed by atoms with Crippen LogP contribution in [-0.4, -0.2) is 35.5 Å². The van der Waals surface area contributed by atoms with Crippen LogP contribution in [0, 0.1) is 5.92 Å². The third-order valence-electron chi connectivity index (χ3n) is 5.87. The number of halogens is 2. The van der Waals surface area contributed by atoms with E-state index in [1.807, 2.05) is 0 Å². The van der Waals surface area contributed by atoms with E-state index >= 15 is 0 Å². The van der Waals surface area contributed by atoms with Crippen molar-refractivity contribution in [3.05, 3.63) is 35.4 Å². The van der Waals surface area contributed by atoms with E-state index in [4.69, 9.17) is 5.73 Å². The molecule has 0 bridgehead atoms. The third-order valence-corrected chi connectivity index (χ3v) is 5.87. The third kappa shape index (κ3) is 5.59. The van der Waals surface area contributed by atoms with Gasteiger partial charge in [0.25, 0.3) is 0 Å². The van der Waals surface area contributed by atoms with Crippen molar-refractivity contribution in [3.63, 3.8) is 0 Å². The molecule has 26 heavy (non-hydrogen) atoms. The molecule has 1 heterocycles. The molecule has 6 heteroatoms. The maximum atomic E-state index is 12.3. The topological polar surface area (TPSA) is 58.4 Å². The van der Waals surface area contributed by atoms with Crippen molar-refractivity contribution in [2.24, 2.45) is 11.7 Å². The molecule has 3 N–H and O–H groups in total. The maximum absolute atomic E-state index is 12.3. The summed E-state index contributed by atoms with van der Waals surface area (Å²) in [5, 5.41) is 3.16. The maximum Gasteiger partial charge on any atom is 0.220 e. The summed E-state index contributed by atoms with van der Waals surface area (Å²) in [5.41, 5.74) is 8.92. The van der Waals surface area contributed by atoms with Gasteiger partial charge in [0.15, 0.2) is 0 Å². The highest BCUT2D eigenvalue weighted by molar-refractivity contribution is 5.85. The Hall–Kier alpha value is -0.810. The largest absolute Gasteiger partial charge is 0.354 e. The first-order chi connectivity index (χ1) is 11.5. The van der Waals surface area contributed by atoms with Gasteiger partial charge in [0.2, 0.25) is 5.91 Å². The first-order valence-electron chi connectivity index (χ1n) is 9.30. The van der Waals surface area contributed by atoms with E-state index in [0.29, 0.717) is 18.9 Å². The Morgan fingerprint density at radius 1 is 1.23 bits per heavy atom. The number of nitrogens with zero attached hydrogens (tertiary/aromatic N) is 1. The molecule has 0 spiro atoms. The van der Waals surface area contributed by atoms with Crippen LogP contribution in [0.1, 0.15) is 50.7 Å². The number of rotatable bonds is 5. The standard InChI is InChI=1S/C20H31N3O.2ClH/c1-20(2,14-22-19(24)12-16-8-5-9-18(16)21)23-11-10-15-6-3-4-7-17(15)13-23;;/h3-4,6-7,16,18H,5,8-14,21H2,1-2H3,(H,22,24);2*1H/t16-,18+;;/m0../s1. The van der Waals surface area contributed by atoms with Crippen molar-refractivity contribution in [1.82, 2.24) is 10.2 Å². The Kier molecular flexibility index (Phi) is 8.87. The number of hydrogen-bond donors (Lipinski definition) is 2. The second kappa shape index (κ2) is 9.93.